The molecule has 216 valence electrons. The second kappa shape index (κ2) is 11.7. The predicted octanol–water partition coefficient (Wildman–Crippen LogP) is 5.79. The number of carboxylic acids is 1. The van der Waals surface area contributed by atoms with E-state index in [2.05, 4.69) is 10.1 Å². The number of carbonyl (C=O) groups excluding carboxylic acids is 1. The number of anilines is 2. The maximum atomic E-state index is 13.1. The number of nitrogens with one attached hydrogen (secondary N) is 1. The largest absolute Gasteiger partial charge is 0.573 e. The molecule has 0 spiro atoms. The highest BCUT2D eigenvalue weighted by Gasteiger charge is 2.33. The molecule has 1 aliphatic rings. The number of nitrogens with zero attached hydrogens (tertiary/aromatic N) is 1. The van der Waals surface area contributed by atoms with Gasteiger partial charge in [-0.2, -0.15) is 0 Å². The Kier molecular flexibility index (Phi) is 8.43. The Balaban J connectivity index is 1.67. The van der Waals surface area contributed by atoms with Crippen molar-refractivity contribution in [1.29, 1.82) is 0 Å². The second-order valence-corrected chi connectivity index (χ2v) is 11.7. The fourth-order valence-electron chi connectivity index (χ4n) is 4.54. The number of halogens is 3. The molecule has 8 nitrogen and oxygen atoms in total. The molecule has 3 aromatic rings. The highest BCUT2D eigenvalue weighted by Crippen LogP contribution is 2.42. The van der Waals surface area contributed by atoms with Gasteiger partial charge in [-0.05, 0) is 42.8 Å². The zero-order valence-corrected chi connectivity index (χ0v) is 22.9. The van der Waals surface area contributed by atoms with Gasteiger partial charge in [0.1, 0.15) is 5.75 Å². The number of ether oxygens (including phenoxy) is 1. The molecule has 0 aliphatic carbocycles. The van der Waals surface area contributed by atoms with Gasteiger partial charge in [-0.1, -0.05) is 43.3 Å². The van der Waals surface area contributed by atoms with Crippen molar-refractivity contribution in [2.75, 3.05) is 16.0 Å². The summed E-state index contributed by atoms with van der Waals surface area (Å²) in [6.45, 7) is 3.32. The molecule has 1 aliphatic heterocycles. The van der Waals surface area contributed by atoms with Crippen molar-refractivity contribution < 1.29 is 41.0 Å². The first-order chi connectivity index (χ1) is 19.3. The second-order valence-electron chi connectivity index (χ2n) is 9.47. The van der Waals surface area contributed by atoms with Gasteiger partial charge < -0.3 is 20.1 Å². The number of carbonyl (C=O) groups is 2. The smallest absolute Gasteiger partial charge is 0.478 e. The molecule has 1 unspecified atom stereocenters. The summed E-state index contributed by atoms with van der Waals surface area (Å²) in [6.07, 6.45) is -3.36. The first-order valence-corrected chi connectivity index (χ1v) is 14.3. The summed E-state index contributed by atoms with van der Waals surface area (Å²) in [5.74, 6) is -1.99. The van der Waals surface area contributed by atoms with Crippen molar-refractivity contribution in [3.05, 3.63) is 84.1 Å². The van der Waals surface area contributed by atoms with Crippen LogP contribution in [0.4, 0.5) is 24.5 Å². The minimum Gasteiger partial charge on any atom is -0.478 e. The molecule has 1 heterocycles. The monoisotopic (exact) mass is 588 g/mol. The van der Waals surface area contributed by atoms with Crippen molar-refractivity contribution in [3.8, 4) is 16.9 Å². The summed E-state index contributed by atoms with van der Waals surface area (Å²) in [7, 11) is -3.38. The van der Waals surface area contributed by atoms with Crippen LogP contribution in [0.15, 0.2) is 83.4 Å². The summed E-state index contributed by atoms with van der Waals surface area (Å²) in [5, 5.41) is 12.3. The van der Waals surface area contributed by atoms with Crippen LogP contribution < -0.4 is 15.0 Å². The zero-order chi connectivity index (χ0) is 29.9. The van der Waals surface area contributed by atoms with E-state index in [1.165, 1.54) is 48.7 Å². The highest BCUT2D eigenvalue weighted by molar-refractivity contribution is 7.91. The van der Waals surface area contributed by atoms with Gasteiger partial charge in [-0.3, -0.25) is 4.79 Å². The Morgan fingerprint density at radius 3 is 2.34 bits per heavy atom. The lowest BCUT2D eigenvalue weighted by Crippen LogP contribution is -2.24. The van der Waals surface area contributed by atoms with E-state index >= 15 is 0 Å². The summed E-state index contributed by atoms with van der Waals surface area (Å²) in [4.78, 5) is 26.3. The number of carboxylic acid groups (broad SMARTS) is 1. The van der Waals surface area contributed by atoms with E-state index in [9.17, 15) is 36.3 Å². The first-order valence-electron chi connectivity index (χ1n) is 12.6. The highest BCUT2D eigenvalue weighted by atomic mass is 32.2. The third kappa shape index (κ3) is 7.07. The van der Waals surface area contributed by atoms with Gasteiger partial charge in [-0.15, -0.1) is 13.2 Å². The van der Waals surface area contributed by atoms with Crippen molar-refractivity contribution in [3.63, 3.8) is 0 Å². The molecule has 12 heteroatoms. The van der Waals surface area contributed by atoms with Gasteiger partial charge in [0.2, 0.25) is 5.91 Å². The number of benzene rings is 3. The fourth-order valence-corrected chi connectivity index (χ4v) is 5.42. The molecular formula is C29H27F3N2O6S. The Morgan fingerprint density at radius 2 is 1.73 bits per heavy atom. The van der Waals surface area contributed by atoms with Crippen LogP contribution in [-0.4, -0.2) is 43.6 Å². The van der Waals surface area contributed by atoms with Crippen LogP contribution in [0, 0.1) is 0 Å². The zero-order valence-electron chi connectivity index (χ0n) is 22.1. The minimum absolute atomic E-state index is 0.0449. The van der Waals surface area contributed by atoms with E-state index in [1.807, 2.05) is 0 Å². The number of alkyl halides is 3. The Hall–Kier alpha value is -4.32. The van der Waals surface area contributed by atoms with Gasteiger partial charge >= 0.3 is 12.3 Å². The van der Waals surface area contributed by atoms with Crippen LogP contribution in [-0.2, 0) is 25.8 Å². The van der Waals surface area contributed by atoms with Crippen LogP contribution >= 0.6 is 0 Å². The lowest BCUT2D eigenvalue weighted by Gasteiger charge is -2.26. The molecule has 1 atom stereocenters. The van der Waals surface area contributed by atoms with E-state index in [0.717, 1.165) is 0 Å². The van der Waals surface area contributed by atoms with Crippen LogP contribution in [0.3, 0.4) is 0 Å². The number of hydrogen-bond acceptors (Lipinski definition) is 6. The molecule has 0 saturated carbocycles. The summed E-state index contributed by atoms with van der Waals surface area (Å²) < 4.78 is 67.7. The van der Waals surface area contributed by atoms with Crippen LogP contribution in [0.2, 0.25) is 0 Å². The van der Waals surface area contributed by atoms with Crippen molar-refractivity contribution in [2.45, 2.75) is 44.0 Å². The number of amides is 1. The quantitative estimate of drug-likeness (QED) is 0.325. The number of rotatable bonds is 9. The van der Waals surface area contributed by atoms with E-state index < -0.39 is 33.8 Å². The maximum absolute atomic E-state index is 13.1. The van der Waals surface area contributed by atoms with Crippen LogP contribution in [0.1, 0.15) is 25.8 Å². The number of aliphatic carboxylic acids is 1. The minimum atomic E-state index is -4.93. The molecule has 4 rings (SSSR count). The molecular weight excluding hydrogens is 561 g/mol. The average molecular weight is 589 g/mol. The summed E-state index contributed by atoms with van der Waals surface area (Å²) in [5.41, 5.74) is 1.88. The predicted molar refractivity (Wildman–Crippen MR) is 147 cm³/mol. The standard InChI is InChI=1S/C29H27F3N2O6S/c1-3-41(38,39)22-11-8-19(9-12-22)15-27(35)33-21-10-13-23(24-6-4-5-7-26(24)40-29(30,31)32)25(16-21)34-17-20(28(36)37)14-18(34)2/h4-13,16-18H,3,14-15H2,1-2H3,(H,33,35)(H,36,37). The Labute approximate surface area is 235 Å². The normalized spacial score (nSPS) is 15.4. The topological polar surface area (TPSA) is 113 Å². The van der Waals surface area contributed by atoms with Crippen molar-refractivity contribution in [2.24, 2.45) is 0 Å². The summed E-state index contributed by atoms with van der Waals surface area (Å²) >= 11 is 0. The molecule has 0 radical (unpaired) electrons. The molecule has 3 aromatic carbocycles. The average Bonchev–Trinajstić information content (AvgIpc) is 3.30. The van der Waals surface area contributed by atoms with Gasteiger partial charge in [0.05, 0.1) is 28.3 Å². The molecule has 0 aromatic heterocycles. The third-order valence-corrected chi connectivity index (χ3v) is 8.30. The van der Waals surface area contributed by atoms with Gasteiger partial charge in [0, 0.05) is 35.5 Å². The molecule has 0 fully saturated rings. The van der Waals surface area contributed by atoms with E-state index in [-0.39, 0.29) is 40.7 Å². The van der Waals surface area contributed by atoms with Gasteiger partial charge in [-0.25, -0.2) is 13.2 Å². The maximum Gasteiger partial charge on any atom is 0.573 e. The Bertz CT molecular complexity index is 1600. The number of para-hydroxylation sites is 1. The molecule has 0 saturated heterocycles. The first kappa shape index (κ1) is 29.7. The molecule has 1 amide bonds. The van der Waals surface area contributed by atoms with Gasteiger partial charge in [0.25, 0.3) is 0 Å². The summed E-state index contributed by atoms with van der Waals surface area (Å²) in [6, 6.07) is 15.9. The SMILES string of the molecule is CCS(=O)(=O)c1ccc(CC(=O)Nc2ccc(-c3ccccc3OC(F)(F)F)c(N3C=C(C(=O)O)CC3C)c2)cc1. The molecule has 2 N–H and O–H groups in total. The van der Waals surface area contributed by atoms with E-state index in [1.54, 1.807) is 43.0 Å². The van der Waals surface area contributed by atoms with Crippen molar-refractivity contribution >= 4 is 33.1 Å². The van der Waals surface area contributed by atoms with Crippen LogP contribution in [0.5, 0.6) is 5.75 Å². The van der Waals surface area contributed by atoms with E-state index in [0.29, 0.717) is 22.5 Å². The third-order valence-electron chi connectivity index (χ3n) is 6.55. The van der Waals surface area contributed by atoms with Gasteiger partial charge in [0.15, 0.2) is 9.84 Å². The van der Waals surface area contributed by atoms with Crippen LogP contribution in [0.25, 0.3) is 11.1 Å². The fraction of sp³-hybridized carbons (Fsp3) is 0.241. The van der Waals surface area contributed by atoms with Crippen molar-refractivity contribution in [1.82, 2.24) is 0 Å². The Morgan fingerprint density at radius 1 is 1.05 bits per heavy atom. The molecule has 0 bridgehead atoms. The molecule has 41 heavy (non-hydrogen) atoms. The lowest BCUT2D eigenvalue weighted by atomic mass is 10.0. The number of hydrogen-bond donors (Lipinski definition) is 2. The number of sulfone groups is 1. The van der Waals surface area contributed by atoms with E-state index in [4.69, 9.17) is 0 Å². The lowest BCUT2D eigenvalue weighted by molar-refractivity contribution is -0.274.